The standard InChI is InChI=1S/C28H31N3O3/c1-2-34-25-15-13-24(14-16-25)29-27(32)19-26-28(33)31(21-23-11-7-4-8-12-23)18-17-30(26)20-22-9-5-3-6-10-22/h3-16,26H,2,17-21H2,1H3,(H,29,32)/t26-/m0/s1. The number of hydrogen-bond donors (Lipinski definition) is 1. The summed E-state index contributed by atoms with van der Waals surface area (Å²) in [4.78, 5) is 30.5. The first-order valence-corrected chi connectivity index (χ1v) is 11.8. The number of piperazine rings is 1. The van der Waals surface area contributed by atoms with Crippen LogP contribution in [0.15, 0.2) is 84.9 Å². The third-order valence-electron chi connectivity index (χ3n) is 5.97. The van der Waals surface area contributed by atoms with E-state index in [1.54, 1.807) is 0 Å². The van der Waals surface area contributed by atoms with Gasteiger partial charge in [0.15, 0.2) is 0 Å². The van der Waals surface area contributed by atoms with E-state index in [9.17, 15) is 9.59 Å². The predicted octanol–water partition coefficient (Wildman–Crippen LogP) is 4.33. The Hall–Kier alpha value is -3.64. The molecule has 0 unspecified atom stereocenters. The summed E-state index contributed by atoms with van der Waals surface area (Å²) in [5.41, 5.74) is 2.90. The van der Waals surface area contributed by atoms with Gasteiger partial charge in [0.1, 0.15) is 5.75 Å². The number of anilines is 1. The van der Waals surface area contributed by atoms with Gasteiger partial charge >= 0.3 is 0 Å². The molecule has 1 heterocycles. The van der Waals surface area contributed by atoms with E-state index in [0.717, 1.165) is 16.9 Å². The minimum Gasteiger partial charge on any atom is -0.494 e. The van der Waals surface area contributed by atoms with Crippen LogP contribution in [-0.4, -0.2) is 47.4 Å². The number of rotatable bonds is 9. The number of carbonyl (C=O) groups excluding carboxylic acids is 2. The van der Waals surface area contributed by atoms with Gasteiger partial charge in [-0.2, -0.15) is 0 Å². The molecule has 1 saturated heterocycles. The monoisotopic (exact) mass is 457 g/mol. The van der Waals surface area contributed by atoms with Gasteiger partial charge in [-0.1, -0.05) is 60.7 Å². The van der Waals surface area contributed by atoms with Crippen molar-refractivity contribution in [3.05, 3.63) is 96.1 Å². The van der Waals surface area contributed by atoms with E-state index in [1.807, 2.05) is 84.6 Å². The third-order valence-corrected chi connectivity index (χ3v) is 5.97. The number of nitrogens with one attached hydrogen (secondary N) is 1. The van der Waals surface area contributed by atoms with Crippen molar-refractivity contribution in [2.75, 3.05) is 25.0 Å². The minimum absolute atomic E-state index is 0.00659. The van der Waals surface area contributed by atoms with Gasteiger partial charge in [-0.25, -0.2) is 0 Å². The van der Waals surface area contributed by atoms with Crippen LogP contribution in [0.25, 0.3) is 0 Å². The number of benzene rings is 3. The molecule has 0 aliphatic carbocycles. The van der Waals surface area contributed by atoms with Gasteiger partial charge < -0.3 is 15.0 Å². The SMILES string of the molecule is CCOc1ccc(NC(=O)C[C@H]2C(=O)N(Cc3ccccc3)CCN2Cc2ccccc2)cc1. The van der Waals surface area contributed by atoms with E-state index in [4.69, 9.17) is 4.74 Å². The summed E-state index contributed by atoms with van der Waals surface area (Å²) in [7, 11) is 0. The second-order valence-electron chi connectivity index (χ2n) is 8.43. The van der Waals surface area contributed by atoms with E-state index in [2.05, 4.69) is 22.3 Å². The normalized spacial score (nSPS) is 16.3. The number of carbonyl (C=O) groups is 2. The summed E-state index contributed by atoms with van der Waals surface area (Å²) < 4.78 is 5.46. The first-order valence-electron chi connectivity index (χ1n) is 11.8. The van der Waals surface area contributed by atoms with Crippen molar-refractivity contribution < 1.29 is 14.3 Å². The highest BCUT2D eigenvalue weighted by atomic mass is 16.5. The second-order valence-corrected chi connectivity index (χ2v) is 8.43. The first-order chi connectivity index (χ1) is 16.6. The summed E-state index contributed by atoms with van der Waals surface area (Å²) >= 11 is 0. The highest BCUT2D eigenvalue weighted by Crippen LogP contribution is 2.21. The Kier molecular flexibility index (Phi) is 7.94. The van der Waals surface area contributed by atoms with Crippen molar-refractivity contribution in [2.24, 2.45) is 0 Å². The lowest BCUT2D eigenvalue weighted by Gasteiger charge is -2.40. The van der Waals surface area contributed by atoms with Crippen LogP contribution >= 0.6 is 0 Å². The lowest BCUT2D eigenvalue weighted by molar-refractivity contribution is -0.145. The molecule has 4 rings (SSSR count). The fourth-order valence-electron chi connectivity index (χ4n) is 4.26. The number of nitrogens with zero attached hydrogens (tertiary/aromatic N) is 2. The van der Waals surface area contributed by atoms with Gasteiger partial charge in [-0.15, -0.1) is 0 Å². The molecule has 1 atom stereocenters. The van der Waals surface area contributed by atoms with Gasteiger partial charge in [-0.3, -0.25) is 14.5 Å². The molecular formula is C28H31N3O3. The largest absolute Gasteiger partial charge is 0.494 e. The molecule has 6 heteroatoms. The number of ether oxygens (including phenoxy) is 1. The van der Waals surface area contributed by atoms with Gasteiger partial charge in [-0.05, 0) is 42.3 Å². The molecule has 176 valence electrons. The first kappa shape index (κ1) is 23.5. The maximum absolute atomic E-state index is 13.5. The zero-order chi connectivity index (χ0) is 23.8. The number of amides is 2. The summed E-state index contributed by atoms with van der Waals surface area (Å²) in [5, 5.41) is 2.94. The molecule has 0 aromatic heterocycles. The van der Waals surface area contributed by atoms with Crippen molar-refractivity contribution in [1.29, 1.82) is 0 Å². The molecule has 6 nitrogen and oxygen atoms in total. The highest BCUT2D eigenvalue weighted by Gasteiger charge is 2.36. The molecule has 0 bridgehead atoms. The summed E-state index contributed by atoms with van der Waals surface area (Å²) in [5.74, 6) is 0.573. The van der Waals surface area contributed by atoms with Crippen molar-refractivity contribution in [2.45, 2.75) is 32.5 Å². The van der Waals surface area contributed by atoms with E-state index in [1.165, 1.54) is 0 Å². The van der Waals surface area contributed by atoms with Gasteiger partial charge in [0.2, 0.25) is 11.8 Å². The fourth-order valence-corrected chi connectivity index (χ4v) is 4.26. The predicted molar refractivity (Wildman–Crippen MR) is 133 cm³/mol. The Morgan fingerprint density at radius 3 is 2.12 bits per heavy atom. The van der Waals surface area contributed by atoms with Gasteiger partial charge in [0.25, 0.3) is 0 Å². The van der Waals surface area contributed by atoms with Crippen LogP contribution in [0.5, 0.6) is 5.75 Å². The summed E-state index contributed by atoms with van der Waals surface area (Å²) in [6.07, 6.45) is 0.101. The molecule has 3 aromatic carbocycles. The Morgan fingerprint density at radius 2 is 1.50 bits per heavy atom. The maximum Gasteiger partial charge on any atom is 0.240 e. The van der Waals surface area contributed by atoms with Crippen LogP contribution in [0.4, 0.5) is 5.69 Å². The number of hydrogen-bond acceptors (Lipinski definition) is 4. The van der Waals surface area contributed by atoms with Crippen LogP contribution in [0.2, 0.25) is 0 Å². The van der Waals surface area contributed by atoms with Crippen LogP contribution in [-0.2, 0) is 22.7 Å². The Bertz CT molecular complexity index is 1070. The van der Waals surface area contributed by atoms with E-state index < -0.39 is 6.04 Å². The molecule has 1 N–H and O–H groups in total. The van der Waals surface area contributed by atoms with Crippen molar-refractivity contribution in [1.82, 2.24) is 9.80 Å². The lowest BCUT2D eigenvalue weighted by atomic mass is 10.0. The molecule has 0 spiro atoms. The second kappa shape index (κ2) is 11.5. The maximum atomic E-state index is 13.5. The van der Waals surface area contributed by atoms with E-state index in [0.29, 0.717) is 38.5 Å². The van der Waals surface area contributed by atoms with E-state index in [-0.39, 0.29) is 18.2 Å². The van der Waals surface area contributed by atoms with Crippen LogP contribution < -0.4 is 10.1 Å². The van der Waals surface area contributed by atoms with Crippen LogP contribution in [0, 0.1) is 0 Å². The van der Waals surface area contributed by atoms with Crippen LogP contribution in [0.1, 0.15) is 24.5 Å². The Morgan fingerprint density at radius 1 is 0.882 bits per heavy atom. The Labute approximate surface area is 201 Å². The molecular weight excluding hydrogens is 426 g/mol. The molecule has 0 saturated carbocycles. The average Bonchev–Trinajstić information content (AvgIpc) is 2.86. The van der Waals surface area contributed by atoms with Crippen molar-refractivity contribution >= 4 is 17.5 Å². The zero-order valence-electron chi connectivity index (χ0n) is 19.5. The molecule has 3 aromatic rings. The molecule has 0 radical (unpaired) electrons. The van der Waals surface area contributed by atoms with Gasteiger partial charge in [0.05, 0.1) is 19.1 Å². The molecule has 1 fully saturated rings. The third kappa shape index (κ3) is 6.23. The van der Waals surface area contributed by atoms with Crippen LogP contribution in [0.3, 0.4) is 0 Å². The Balaban J connectivity index is 1.47. The van der Waals surface area contributed by atoms with Crippen molar-refractivity contribution in [3.8, 4) is 5.75 Å². The molecule has 1 aliphatic rings. The fraction of sp³-hybridized carbons (Fsp3) is 0.286. The summed E-state index contributed by atoms with van der Waals surface area (Å²) in [6.45, 7) is 5.06. The molecule has 2 amide bonds. The highest BCUT2D eigenvalue weighted by molar-refractivity contribution is 5.95. The van der Waals surface area contributed by atoms with Gasteiger partial charge in [0, 0.05) is 31.9 Å². The molecule has 34 heavy (non-hydrogen) atoms. The molecule has 1 aliphatic heterocycles. The van der Waals surface area contributed by atoms with E-state index >= 15 is 0 Å². The smallest absolute Gasteiger partial charge is 0.240 e. The minimum atomic E-state index is -0.514. The zero-order valence-corrected chi connectivity index (χ0v) is 19.5. The quantitative estimate of drug-likeness (QED) is 0.520. The average molecular weight is 458 g/mol. The topological polar surface area (TPSA) is 61.9 Å². The van der Waals surface area contributed by atoms with Crippen molar-refractivity contribution in [3.63, 3.8) is 0 Å². The lowest BCUT2D eigenvalue weighted by Crippen LogP contribution is -2.57. The summed E-state index contributed by atoms with van der Waals surface area (Å²) in [6, 6.07) is 26.8.